The first-order chi connectivity index (χ1) is 17.5. The molecule has 1 aliphatic carbocycles. The summed E-state index contributed by atoms with van der Waals surface area (Å²) >= 11 is 12.1. The molecule has 0 heterocycles. The lowest BCUT2D eigenvalue weighted by Gasteiger charge is -2.21. The summed E-state index contributed by atoms with van der Waals surface area (Å²) in [4.78, 5) is 12.6. The molecule has 1 saturated carbocycles. The molecule has 36 heavy (non-hydrogen) atoms. The van der Waals surface area contributed by atoms with Crippen LogP contribution in [-0.2, 0) is 0 Å². The van der Waals surface area contributed by atoms with Crippen LogP contribution in [0, 0.1) is 0 Å². The minimum Gasteiger partial charge on any atom is -0.337 e. The molecule has 190 valence electrons. The maximum atomic E-state index is 12.6. The van der Waals surface area contributed by atoms with Gasteiger partial charge in [0.05, 0.1) is 5.69 Å². The molecule has 1 fully saturated rings. The third-order valence-electron chi connectivity index (χ3n) is 6.62. The minimum atomic E-state index is -0.299. The van der Waals surface area contributed by atoms with Gasteiger partial charge in [0, 0.05) is 34.2 Å². The van der Waals surface area contributed by atoms with Gasteiger partial charge in [0.1, 0.15) is 0 Å². The second kappa shape index (κ2) is 13.0. The average molecular weight is 527 g/mol. The summed E-state index contributed by atoms with van der Waals surface area (Å²) in [6, 6.07) is 21.2. The number of benzene rings is 3. The van der Waals surface area contributed by atoms with Crippen LogP contribution in [0.2, 0.25) is 10.0 Å². The van der Waals surface area contributed by atoms with Gasteiger partial charge in [-0.15, -0.1) is 0 Å². The molecule has 0 spiro atoms. The van der Waals surface area contributed by atoms with Crippen LogP contribution in [0.5, 0.6) is 0 Å². The Balaban J connectivity index is 1.42. The Labute approximate surface area is 222 Å². The standard InChI is InChI=1S/C28H32Cl2N4O2/c29-23-15-24(30)17-27(16-23)33-28(35)32-18-22(12-13-31-25-5-1-2-6-25)20-10-8-19(9-11-20)21-4-3-7-26(14-21)34-36/h3-4,7-11,14-17,22,25,31,34,36H,1-2,5-6,12-13,18H2,(H2,32,33,35). The quantitative estimate of drug-likeness (QED) is 0.179. The van der Waals surface area contributed by atoms with Gasteiger partial charge in [-0.2, -0.15) is 0 Å². The van der Waals surface area contributed by atoms with E-state index in [1.807, 2.05) is 18.2 Å². The molecule has 0 saturated heterocycles. The molecule has 5 N–H and O–H groups in total. The Morgan fingerprint density at radius 2 is 1.64 bits per heavy atom. The highest BCUT2D eigenvalue weighted by atomic mass is 35.5. The monoisotopic (exact) mass is 526 g/mol. The number of hydrogen-bond donors (Lipinski definition) is 5. The first-order valence-electron chi connectivity index (χ1n) is 12.3. The van der Waals surface area contributed by atoms with Crippen molar-refractivity contribution in [2.45, 2.75) is 44.1 Å². The van der Waals surface area contributed by atoms with E-state index in [1.165, 1.54) is 25.7 Å². The fourth-order valence-corrected chi connectivity index (χ4v) is 5.24. The summed E-state index contributed by atoms with van der Waals surface area (Å²) in [6.07, 6.45) is 5.98. The van der Waals surface area contributed by atoms with E-state index in [1.54, 1.807) is 24.3 Å². The van der Waals surface area contributed by atoms with E-state index >= 15 is 0 Å². The van der Waals surface area contributed by atoms with Crippen LogP contribution in [0.1, 0.15) is 43.6 Å². The summed E-state index contributed by atoms with van der Waals surface area (Å²) in [6.45, 7) is 1.39. The summed E-state index contributed by atoms with van der Waals surface area (Å²) in [7, 11) is 0. The molecule has 3 aromatic rings. The van der Waals surface area contributed by atoms with E-state index in [-0.39, 0.29) is 11.9 Å². The van der Waals surface area contributed by atoms with Crippen LogP contribution in [0.15, 0.2) is 66.7 Å². The Morgan fingerprint density at radius 1 is 0.917 bits per heavy atom. The highest BCUT2D eigenvalue weighted by molar-refractivity contribution is 6.35. The van der Waals surface area contributed by atoms with E-state index < -0.39 is 0 Å². The molecule has 3 aromatic carbocycles. The topological polar surface area (TPSA) is 85.4 Å². The van der Waals surface area contributed by atoms with Crippen LogP contribution >= 0.6 is 23.2 Å². The van der Waals surface area contributed by atoms with E-state index in [2.05, 4.69) is 45.7 Å². The minimum absolute atomic E-state index is 0.145. The lowest BCUT2D eigenvalue weighted by molar-refractivity contribution is 0.251. The highest BCUT2D eigenvalue weighted by Crippen LogP contribution is 2.27. The number of halogens is 2. The van der Waals surface area contributed by atoms with Gasteiger partial charge < -0.3 is 16.0 Å². The Morgan fingerprint density at radius 3 is 2.33 bits per heavy atom. The van der Waals surface area contributed by atoms with Gasteiger partial charge in [0.25, 0.3) is 0 Å². The van der Waals surface area contributed by atoms with Gasteiger partial charge in [-0.3, -0.25) is 10.7 Å². The summed E-state index contributed by atoms with van der Waals surface area (Å²) in [5.41, 5.74) is 6.62. The third-order valence-corrected chi connectivity index (χ3v) is 7.05. The SMILES string of the molecule is O=C(NCC(CCNC1CCCC1)c1ccc(-c2cccc(NO)c2)cc1)Nc1cc(Cl)cc(Cl)c1. The number of carbonyl (C=O) groups excluding carboxylic acids is 1. The average Bonchev–Trinajstić information content (AvgIpc) is 3.39. The van der Waals surface area contributed by atoms with E-state index in [0.717, 1.165) is 29.7 Å². The van der Waals surface area contributed by atoms with Crippen molar-refractivity contribution in [2.24, 2.45) is 0 Å². The normalized spacial score (nSPS) is 14.4. The number of amides is 2. The number of anilines is 2. The number of urea groups is 1. The van der Waals surface area contributed by atoms with Gasteiger partial charge >= 0.3 is 6.03 Å². The summed E-state index contributed by atoms with van der Waals surface area (Å²) in [5, 5.41) is 19.6. The molecule has 0 bridgehead atoms. The van der Waals surface area contributed by atoms with Gasteiger partial charge in [-0.25, -0.2) is 4.79 Å². The predicted octanol–water partition coefficient (Wildman–Crippen LogP) is 7.29. The number of rotatable bonds is 10. The van der Waals surface area contributed by atoms with Gasteiger partial charge in [0.2, 0.25) is 0 Å². The number of hydrogen-bond acceptors (Lipinski definition) is 4. The van der Waals surface area contributed by atoms with Crippen molar-refractivity contribution in [1.82, 2.24) is 10.6 Å². The fraction of sp³-hybridized carbons (Fsp3) is 0.321. The molecule has 1 aliphatic rings. The van der Waals surface area contributed by atoms with E-state index in [4.69, 9.17) is 23.2 Å². The zero-order valence-corrected chi connectivity index (χ0v) is 21.6. The molecule has 6 nitrogen and oxygen atoms in total. The van der Waals surface area contributed by atoms with Crippen LogP contribution in [-0.4, -0.2) is 30.4 Å². The molecular weight excluding hydrogens is 495 g/mol. The lowest BCUT2D eigenvalue weighted by atomic mass is 9.93. The van der Waals surface area contributed by atoms with Crippen LogP contribution in [0.25, 0.3) is 11.1 Å². The number of carbonyl (C=O) groups is 1. The molecule has 8 heteroatoms. The number of nitrogens with one attached hydrogen (secondary N) is 4. The fourth-order valence-electron chi connectivity index (χ4n) is 4.71. The first-order valence-corrected chi connectivity index (χ1v) is 13.1. The van der Waals surface area contributed by atoms with Crippen molar-refractivity contribution in [1.29, 1.82) is 0 Å². The van der Waals surface area contributed by atoms with E-state index in [0.29, 0.717) is 34.0 Å². The van der Waals surface area contributed by atoms with Crippen molar-refractivity contribution in [3.63, 3.8) is 0 Å². The molecular formula is C28H32Cl2N4O2. The van der Waals surface area contributed by atoms with Crippen molar-refractivity contribution in [2.75, 3.05) is 23.9 Å². The molecule has 2 amide bonds. The molecule has 0 radical (unpaired) electrons. The van der Waals surface area contributed by atoms with Gasteiger partial charge in [-0.05, 0) is 72.8 Å². The molecule has 4 rings (SSSR count). The second-order valence-corrected chi connectivity index (χ2v) is 10.1. The third kappa shape index (κ3) is 7.61. The molecule has 1 unspecified atom stereocenters. The van der Waals surface area contributed by atoms with Crippen molar-refractivity contribution < 1.29 is 10.0 Å². The molecule has 1 atom stereocenters. The molecule has 0 aromatic heterocycles. The maximum Gasteiger partial charge on any atom is 0.319 e. The van der Waals surface area contributed by atoms with Crippen molar-refractivity contribution in [3.05, 3.63) is 82.3 Å². The Bertz CT molecular complexity index is 1130. The Kier molecular flexibility index (Phi) is 9.47. The van der Waals surface area contributed by atoms with Crippen molar-refractivity contribution in [3.8, 4) is 11.1 Å². The summed E-state index contributed by atoms with van der Waals surface area (Å²) < 4.78 is 0. The first kappa shape index (κ1) is 26.3. The van der Waals surface area contributed by atoms with Crippen LogP contribution in [0.4, 0.5) is 16.2 Å². The van der Waals surface area contributed by atoms with Gasteiger partial charge in [-0.1, -0.05) is 72.4 Å². The zero-order chi connectivity index (χ0) is 25.3. The Hall–Kier alpha value is -2.77. The highest BCUT2D eigenvalue weighted by Gasteiger charge is 2.17. The van der Waals surface area contributed by atoms with Crippen LogP contribution < -0.4 is 21.4 Å². The maximum absolute atomic E-state index is 12.6. The van der Waals surface area contributed by atoms with Gasteiger partial charge in [0.15, 0.2) is 0 Å². The molecule has 0 aliphatic heterocycles. The second-order valence-electron chi connectivity index (χ2n) is 9.23. The van der Waals surface area contributed by atoms with Crippen molar-refractivity contribution >= 4 is 40.6 Å². The lowest BCUT2D eigenvalue weighted by Crippen LogP contribution is -2.34. The van der Waals surface area contributed by atoms with E-state index in [9.17, 15) is 10.0 Å². The summed E-state index contributed by atoms with van der Waals surface area (Å²) in [5.74, 6) is 0.145. The smallest absolute Gasteiger partial charge is 0.319 e. The van der Waals surface area contributed by atoms with Crippen LogP contribution in [0.3, 0.4) is 0 Å². The predicted molar refractivity (Wildman–Crippen MR) is 148 cm³/mol. The largest absolute Gasteiger partial charge is 0.337 e. The zero-order valence-electron chi connectivity index (χ0n) is 20.1.